The van der Waals surface area contributed by atoms with Gasteiger partial charge in [-0.2, -0.15) is 0 Å². The fourth-order valence-corrected chi connectivity index (χ4v) is 5.00. The summed E-state index contributed by atoms with van der Waals surface area (Å²) in [6.07, 6.45) is 5.14. The van der Waals surface area contributed by atoms with Crippen LogP contribution in [0.1, 0.15) is 49.4 Å². The van der Waals surface area contributed by atoms with Gasteiger partial charge in [-0.15, -0.1) is 0 Å². The number of halogens is 3. The van der Waals surface area contributed by atoms with Gasteiger partial charge in [0.15, 0.2) is 11.6 Å². The van der Waals surface area contributed by atoms with Crippen LogP contribution in [-0.4, -0.2) is 20.4 Å². The molecule has 0 bridgehead atoms. The second-order valence-corrected chi connectivity index (χ2v) is 9.25. The molecule has 9 heteroatoms. The Bertz CT molecular complexity index is 1040. The molecule has 3 rings (SSSR count). The van der Waals surface area contributed by atoms with E-state index in [1.807, 2.05) is 0 Å². The number of amides is 1. The van der Waals surface area contributed by atoms with E-state index >= 15 is 0 Å². The van der Waals surface area contributed by atoms with Crippen molar-refractivity contribution in [3.8, 4) is 0 Å². The van der Waals surface area contributed by atoms with E-state index in [0.29, 0.717) is 0 Å². The molecule has 30 heavy (non-hydrogen) atoms. The molecule has 1 saturated carbocycles. The highest BCUT2D eigenvalue weighted by Crippen LogP contribution is 2.27. The zero-order valence-electron chi connectivity index (χ0n) is 16.4. The van der Waals surface area contributed by atoms with Gasteiger partial charge in [0.1, 0.15) is 5.82 Å². The van der Waals surface area contributed by atoms with Gasteiger partial charge in [0.05, 0.1) is 10.5 Å². The quantitative estimate of drug-likeness (QED) is 0.689. The van der Waals surface area contributed by atoms with Crippen LogP contribution in [0.25, 0.3) is 0 Å². The van der Waals surface area contributed by atoms with Crippen LogP contribution in [0.4, 0.5) is 18.9 Å². The molecule has 0 heterocycles. The van der Waals surface area contributed by atoms with Crippen LogP contribution in [-0.2, 0) is 10.0 Å². The molecular weight excluding hydrogens is 417 g/mol. The summed E-state index contributed by atoms with van der Waals surface area (Å²) < 4.78 is 68.7. The third-order valence-corrected chi connectivity index (χ3v) is 6.92. The minimum Gasteiger partial charge on any atom is -0.322 e. The lowest BCUT2D eigenvalue weighted by molar-refractivity contribution is 0.102. The Hall–Kier alpha value is -2.39. The number of nitrogens with one attached hydrogen (secondary N) is 2. The van der Waals surface area contributed by atoms with Crippen LogP contribution in [0, 0.1) is 23.4 Å². The fraction of sp³-hybridized carbons (Fsp3) is 0.381. The lowest BCUT2D eigenvalue weighted by atomic mass is 9.85. The Kier molecular flexibility index (Phi) is 6.82. The lowest BCUT2D eigenvalue weighted by Gasteiger charge is -2.28. The van der Waals surface area contributed by atoms with Crippen LogP contribution in [0.5, 0.6) is 0 Å². The van der Waals surface area contributed by atoms with Crippen molar-refractivity contribution in [2.45, 2.75) is 50.0 Å². The number of hydrogen-bond donors (Lipinski definition) is 2. The molecule has 2 N–H and O–H groups in total. The minimum atomic E-state index is -3.97. The Morgan fingerprint density at radius 1 is 0.967 bits per heavy atom. The van der Waals surface area contributed by atoms with E-state index in [0.717, 1.165) is 68.5 Å². The van der Waals surface area contributed by atoms with Crippen molar-refractivity contribution in [2.75, 3.05) is 5.32 Å². The number of carbonyl (C=O) groups excluding carboxylic acids is 1. The first-order valence-electron chi connectivity index (χ1n) is 9.75. The maximum Gasteiger partial charge on any atom is 0.258 e. The van der Waals surface area contributed by atoms with E-state index in [2.05, 4.69) is 10.0 Å². The van der Waals surface area contributed by atoms with Crippen molar-refractivity contribution < 1.29 is 26.4 Å². The number of hydrogen-bond acceptors (Lipinski definition) is 3. The summed E-state index contributed by atoms with van der Waals surface area (Å²) in [6, 6.07) is 5.29. The second kappa shape index (κ2) is 9.18. The molecule has 1 unspecified atom stereocenters. The maximum absolute atomic E-state index is 14.2. The highest BCUT2D eigenvalue weighted by atomic mass is 32.2. The summed E-state index contributed by atoms with van der Waals surface area (Å²) in [6.45, 7) is 1.80. The zero-order chi connectivity index (χ0) is 21.9. The predicted molar refractivity (Wildman–Crippen MR) is 107 cm³/mol. The number of anilines is 1. The van der Waals surface area contributed by atoms with Gasteiger partial charge in [0, 0.05) is 17.8 Å². The van der Waals surface area contributed by atoms with Gasteiger partial charge in [0.2, 0.25) is 10.0 Å². The molecule has 0 spiro atoms. The molecular formula is C21H23F3N2O3S. The summed E-state index contributed by atoms with van der Waals surface area (Å²) in [5.74, 6) is -3.95. The molecule has 1 atom stereocenters. The molecule has 0 radical (unpaired) electrons. The van der Waals surface area contributed by atoms with E-state index in [4.69, 9.17) is 0 Å². The molecule has 2 aromatic carbocycles. The molecule has 0 saturated heterocycles. The van der Waals surface area contributed by atoms with Crippen LogP contribution in [0.2, 0.25) is 0 Å². The Balaban J connectivity index is 1.79. The second-order valence-electron chi connectivity index (χ2n) is 7.53. The predicted octanol–water partition coefficient (Wildman–Crippen LogP) is 4.60. The first-order valence-corrected chi connectivity index (χ1v) is 11.2. The van der Waals surface area contributed by atoms with Crippen LogP contribution in [0.15, 0.2) is 41.3 Å². The van der Waals surface area contributed by atoms with E-state index in [-0.39, 0.29) is 22.5 Å². The van der Waals surface area contributed by atoms with Gasteiger partial charge >= 0.3 is 0 Å². The molecule has 1 fully saturated rings. The molecule has 1 amide bonds. The standard InChI is InChI=1S/C21H23F3N2O3S/c1-13(14-5-3-2-4-6-14)26-30(28,29)16-8-10-18(22)17(12-16)21(27)25-15-7-9-19(23)20(24)11-15/h7-14,26H,2-6H2,1H3,(H,25,27). The average Bonchev–Trinajstić information content (AvgIpc) is 2.71. The van der Waals surface area contributed by atoms with Crippen molar-refractivity contribution in [2.24, 2.45) is 5.92 Å². The largest absolute Gasteiger partial charge is 0.322 e. The van der Waals surface area contributed by atoms with Crippen molar-refractivity contribution >= 4 is 21.6 Å². The summed E-state index contributed by atoms with van der Waals surface area (Å²) in [5, 5.41) is 2.24. The van der Waals surface area contributed by atoms with Crippen LogP contribution in [0.3, 0.4) is 0 Å². The van der Waals surface area contributed by atoms with Crippen molar-refractivity contribution in [1.29, 1.82) is 0 Å². The normalized spacial score (nSPS) is 16.3. The highest BCUT2D eigenvalue weighted by Gasteiger charge is 2.26. The number of benzene rings is 2. The van der Waals surface area contributed by atoms with Crippen molar-refractivity contribution in [3.05, 3.63) is 59.4 Å². The fourth-order valence-electron chi connectivity index (χ4n) is 3.66. The zero-order valence-corrected chi connectivity index (χ0v) is 17.2. The molecule has 0 aromatic heterocycles. The number of rotatable bonds is 6. The highest BCUT2D eigenvalue weighted by molar-refractivity contribution is 7.89. The molecule has 5 nitrogen and oxygen atoms in total. The van der Waals surface area contributed by atoms with Gasteiger partial charge < -0.3 is 5.32 Å². The minimum absolute atomic E-state index is 0.0874. The molecule has 0 aliphatic heterocycles. The van der Waals surface area contributed by atoms with E-state index < -0.39 is 38.9 Å². The van der Waals surface area contributed by atoms with Crippen molar-refractivity contribution in [3.63, 3.8) is 0 Å². The smallest absolute Gasteiger partial charge is 0.258 e. The van der Waals surface area contributed by atoms with E-state index in [9.17, 15) is 26.4 Å². The summed E-state index contributed by atoms with van der Waals surface area (Å²) >= 11 is 0. The third-order valence-electron chi connectivity index (χ3n) is 5.37. The lowest BCUT2D eigenvalue weighted by Crippen LogP contribution is -2.38. The van der Waals surface area contributed by atoms with E-state index in [1.165, 1.54) is 0 Å². The monoisotopic (exact) mass is 440 g/mol. The van der Waals surface area contributed by atoms with Gasteiger partial charge in [0.25, 0.3) is 5.91 Å². The number of sulfonamides is 1. The molecule has 162 valence electrons. The van der Waals surface area contributed by atoms with E-state index in [1.54, 1.807) is 6.92 Å². The summed E-state index contributed by atoms with van der Waals surface area (Å²) in [4.78, 5) is 12.1. The topological polar surface area (TPSA) is 75.3 Å². The SMILES string of the molecule is CC(NS(=O)(=O)c1ccc(F)c(C(=O)Nc2ccc(F)c(F)c2)c1)C1CCCCC1. The first-order chi connectivity index (χ1) is 14.2. The third kappa shape index (κ3) is 5.20. The van der Waals surface area contributed by atoms with Gasteiger partial charge in [-0.3, -0.25) is 4.79 Å². The van der Waals surface area contributed by atoms with Gasteiger partial charge in [-0.1, -0.05) is 19.3 Å². The van der Waals surface area contributed by atoms with Crippen LogP contribution < -0.4 is 10.0 Å². The number of carbonyl (C=O) groups is 1. The molecule has 1 aliphatic rings. The van der Waals surface area contributed by atoms with Crippen LogP contribution >= 0.6 is 0 Å². The molecule has 2 aromatic rings. The van der Waals surface area contributed by atoms with Gasteiger partial charge in [-0.05, 0) is 56.0 Å². The molecule has 1 aliphatic carbocycles. The van der Waals surface area contributed by atoms with Gasteiger partial charge in [-0.25, -0.2) is 26.3 Å². The Labute approximate surface area is 173 Å². The Morgan fingerprint density at radius 2 is 1.63 bits per heavy atom. The summed E-state index contributed by atoms with van der Waals surface area (Å²) in [7, 11) is -3.97. The van der Waals surface area contributed by atoms with Crippen molar-refractivity contribution in [1.82, 2.24) is 4.72 Å². The maximum atomic E-state index is 14.2. The Morgan fingerprint density at radius 3 is 2.30 bits per heavy atom. The first kappa shape index (κ1) is 22.3. The summed E-state index contributed by atoms with van der Waals surface area (Å²) in [5.41, 5.74) is -0.608. The average molecular weight is 440 g/mol.